The Bertz CT molecular complexity index is 1100. The lowest BCUT2D eigenvalue weighted by Crippen LogP contribution is -2.50. The van der Waals surface area contributed by atoms with E-state index >= 15 is 0 Å². The van der Waals surface area contributed by atoms with Crippen molar-refractivity contribution in [2.45, 2.75) is 37.8 Å². The molecule has 3 atom stereocenters. The molecular weight excluding hydrogens is 444 g/mol. The number of carbonyl (C=O) groups is 1. The fourth-order valence-electron chi connectivity index (χ4n) is 3.89. The number of nitrogens with zero attached hydrogens (tertiary/aromatic N) is 2. The van der Waals surface area contributed by atoms with Crippen LogP contribution in [-0.4, -0.2) is 74.6 Å². The van der Waals surface area contributed by atoms with Crippen LogP contribution in [0.25, 0.3) is 11.1 Å². The second-order valence-corrected chi connectivity index (χ2v) is 10.4. The smallest absolute Gasteiger partial charge is 0.247 e. The molecule has 0 saturated heterocycles. The van der Waals surface area contributed by atoms with Crippen LogP contribution in [0.5, 0.6) is 11.5 Å². The number of benzene rings is 2. The Morgan fingerprint density at radius 2 is 2.00 bits per heavy atom. The molecular formula is C24H32N2O6S. The molecule has 0 unspecified atom stereocenters. The lowest BCUT2D eigenvalue weighted by Gasteiger charge is -2.37. The number of aliphatic hydroxyl groups excluding tert-OH is 1. The molecule has 9 heteroatoms. The van der Waals surface area contributed by atoms with Gasteiger partial charge in [-0.3, -0.25) is 4.79 Å². The first-order valence-corrected chi connectivity index (χ1v) is 12.3. The van der Waals surface area contributed by atoms with Crippen molar-refractivity contribution in [2.75, 3.05) is 33.9 Å². The topological polar surface area (TPSA) is 96.4 Å². The number of methoxy groups -OCH3 is 1. The van der Waals surface area contributed by atoms with Crippen LogP contribution < -0.4 is 9.47 Å². The van der Waals surface area contributed by atoms with Crippen LogP contribution in [0.2, 0.25) is 0 Å². The molecule has 8 nitrogen and oxygen atoms in total. The molecule has 0 fully saturated rings. The largest absolute Gasteiger partial charge is 0.496 e. The maximum Gasteiger partial charge on any atom is 0.247 e. The highest BCUT2D eigenvalue weighted by Gasteiger charge is 2.38. The summed E-state index contributed by atoms with van der Waals surface area (Å²) < 4.78 is 40.2. The number of hydrogen-bond acceptors (Lipinski definition) is 6. The Morgan fingerprint density at radius 3 is 2.64 bits per heavy atom. The molecule has 1 aliphatic heterocycles. The van der Waals surface area contributed by atoms with Crippen molar-refractivity contribution in [3.63, 3.8) is 0 Å². The fourth-order valence-corrected chi connectivity index (χ4v) is 5.72. The van der Waals surface area contributed by atoms with Gasteiger partial charge < -0.3 is 19.5 Å². The van der Waals surface area contributed by atoms with Crippen molar-refractivity contribution in [1.29, 1.82) is 0 Å². The van der Waals surface area contributed by atoms with Gasteiger partial charge in [0.15, 0.2) is 0 Å². The summed E-state index contributed by atoms with van der Waals surface area (Å²) >= 11 is 0. The van der Waals surface area contributed by atoms with Crippen LogP contribution in [0.1, 0.15) is 20.8 Å². The van der Waals surface area contributed by atoms with Gasteiger partial charge in [0.25, 0.3) is 0 Å². The SMILES string of the molecule is COc1ccccc1-c1ccc2c(c1)O[C@@H](CN(C)C(C)=O)[C@@H](C)CN([C@H](C)CO)S2(=O)=O. The molecule has 2 aromatic rings. The maximum atomic E-state index is 13.6. The number of hydrogen-bond donors (Lipinski definition) is 1. The molecule has 0 bridgehead atoms. The van der Waals surface area contributed by atoms with Crippen LogP contribution >= 0.6 is 0 Å². The standard InChI is InChI=1S/C24H32N2O6S/c1-16-13-26(17(2)15-27)33(29,30)24-11-10-19(20-8-6-7-9-21(20)31-5)12-22(24)32-23(16)14-25(4)18(3)28/h6-12,16-17,23,27H,13-15H2,1-5H3/t16-,17+,23-/m0/s1. The second-order valence-electron chi connectivity index (χ2n) is 8.50. The zero-order valence-electron chi connectivity index (χ0n) is 19.7. The number of fused-ring (bicyclic) bond motifs is 1. The summed E-state index contributed by atoms with van der Waals surface area (Å²) in [5.74, 6) is 0.521. The fraction of sp³-hybridized carbons (Fsp3) is 0.458. The average molecular weight is 477 g/mol. The summed E-state index contributed by atoms with van der Waals surface area (Å²) in [5, 5.41) is 9.75. The third kappa shape index (κ3) is 5.15. The van der Waals surface area contributed by atoms with E-state index in [2.05, 4.69) is 0 Å². The molecule has 180 valence electrons. The summed E-state index contributed by atoms with van der Waals surface area (Å²) in [5.41, 5.74) is 1.55. The van der Waals surface area contributed by atoms with Crippen molar-refractivity contribution in [1.82, 2.24) is 9.21 Å². The molecule has 0 radical (unpaired) electrons. The highest BCUT2D eigenvalue weighted by atomic mass is 32.2. The van der Waals surface area contributed by atoms with Gasteiger partial charge in [0.2, 0.25) is 15.9 Å². The molecule has 3 rings (SSSR count). The van der Waals surface area contributed by atoms with Gasteiger partial charge >= 0.3 is 0 Å². The third-order valence-electron chi connectivity index (χ3n) is 6.08. The van der Waals surface area contributed by atoms with Gasteiger partial charge in [-0.25, -0.2) is 8.42 Å². The highest BCUT2D eigenvalue weighted by Crippen LogP contribution is 2.38. The van der Waals surface area contributed by atoms with Crippen LogP contribution in [0.4, 0.5) is 0 Å². The summed E-state index contributed by atoms with van der Waals surface area (Å²) in [4.78, 5) is 13.5. The number of carbonyl (C=O) groups excluding carboxylic acids is 1. The Labute approximate surface area is 195 Å². The minimum Gasteiger partial charge on any atom is -0.496 e. The van der Waals surface area contributed by atoms with E-state index in [1.54, 1.807) is 38.1 Å². The lowest BCUT2D eigenvalue weighted by atomic mass is 10.0. The van der Waals surface area contributed by atoms with Crippen LogP contribution in [0.15, 0.2) is 47.4 Å². The third-order valence-corrected chi connectivity index (χ3v) is 8.10. The number of sulfonamides is 1. The molecule has 1 aliphatic rings. The summed E-state index contributed by atoms with van der Waals surface area (Å²) in [6.07, 6.45) is -0.450. The van der Waals surface area contributed by atoms with E-state index < -0.39 is 22.2 Å². The summed E-state index contributed by atoms with van der Waals surface area (Å²) in [6.45, 7) is 5.20. The Morgan fingerprint density at radius 1 is 1.30 bits per heavy atom. The van der Waals surface area contributed by atoms with E-state index in [0.717, 1.165) is 11.1 Å². The first-order valence-electron chi connectivity index (χ1n) is 10.9. The predicted molar refractivity (Wildman–Crippen MR) is 126 cm³/mol. The van der Waals surface area contributed by atoms with E-state index in [1.165, 1.54) is 17.3 Å². The Kier molecular flexibility index (Phi) is 7.66. The van der Waals surface area contributed by atoms with Gasteiger partial charge in [-0.15, -0.1) is 0 Å². The van der Waals surface area contributed by atoms with E-state index in [0.29, 0.717) is 12.3 Å². The predicted octanol–water partition coefficient (Wildman–Crippen LogP) is 2.61. The molecule has 0 aromatic heterocycles. The molecule has 2 aromatic carbocycles. The van der Waals surface area contributed by atoms with Gasteiger partial charge in [0.05, 0.1) is 20.3 Å². The zero-order chi connectivity index (χ0) is 24.3. The Balaban J connectivity index is 2.17. The average Bonchev–Trinajstić information content (AvgIpc) is 2.80. The minimum absolute atomic E-state index is 0.0313. The zero-order valence-corrected chi connectivity index (χ0v) is 20.5. The van der Waals surface area contributed by atoms with E-state index in [9.17, 15) is 18.3 Å². The van der Waals surface area contributed by atoms with Gasteiger partial charge in [-0.1, -0.05) is 31.2 Å². The van der Waals surface area contributed by atoms with Crippen LogP contribution in [0, 0.1) is 5.92 Å². The first-order chi connectivity index (χ1) is 15.6. The highest BCUT2D eigenvalue weighted by molar-refractivity contribution is 7.89. The monoisotopic (exact) mass is 476 g/mol. The molecule has 1 heterocycles. The lowest BCUT2D eigenvalue weighted by molar-refractivity contribution is -0.129. The number of amides is 1. The quantitative estimate of drug-likeness (QED) is 0.689. The molecule has 0 aliphatic carbocycles. The normalized spacial score (nSPS) is 21.2. The summed E-state index contributed by atoms with van der Waals surface area (Å²) in [6, 6.07) is 11.8. The molecule has 1 N–H and O–H groups in total. The van der Waals surface area contributed by atoms with Crippen molar-refractivity contribution in [3.05, 3.63) is 42.5 Å². The first kappa shape index (κ1) is 25.0. The second kappa shape index (κ2) is 10.1. The molecule has 33 heavy (non-hydrogen) atoms. The van der Waals surface area contributed by atoms with Crippen molar-refractivity contribution >= 4 is 15.9 Å². The van der Waals surface area contributed by atoms with Gasteiger partial charge in [0, 0.05) is 38.0 Å². The Hall–Kier alpha value is -2.62. The number of likely N-dealkylation sites (N-methyl/N-ethyl adjacent to an activating group) is 1. The number of aliphatic hydroxyl groups is 1. The molecule has 1 amide bonds. The summed E-state index contributed by atoms with van der Waals surface area (Å²) in [7, 11) is -0.664. The van der Waals surface area contributed by atoms with Crippen molar-refractivity contribution < 1.29 is 27.8 Å². The minimum atomic E-state index is -3.93. The van der Waals surface area contributed by atoms with Crippen LogP contribution in [0.3, 0.4) is 0 Å². The molecule has 0 spiro atoms. The number of rotatable bonds is 6. The van der Waals surface area contributed by atoms with E-state index in [4.69, 9.17) is 9.47 Å². The maximum absolute atomic E-state index is 13.6. The molecule has 0 saturated carbocycles. The van der Waals surface area contributed by atoms with Gasteiger partial charge in [-0.05, 0) is 30.7 Å². The van der Waals surface area contributed by atoms with Crippen LogP contribution in [-0.2, 0) is 14.8 Å². The number of para-hydroxylation sites is 1. The van der Waals surface area contributed by atoms with E-state index in [-0.39, 0.29) is 35.6 Å². The van der Waals surface area contributed by atoms with E-state index in [1.807, 2.05) is 31.2 Å². The van der Waals surface area contributed by atoms with Crippen molar-refractivity contribution in [3.8, 4) is 22.6 Å². The van der Waals surface area contributed by atoms with Gasteiger partial charge in [0.1, 0.15) is 22.5 Å². The number of ether oxygens (including phenoxy) is 2. The van der Waals surface area contributed by atoms with Gasteiger partial charge in [-0.2, -0.15) is 4.31 Å². The van der Waals surface area contributed by atoms with Crippen molar-refractivity contribution in [2.24, 2.45) is 5.92 Å².